The number of sulfonamides is 1. The number of pyridine rings is 1. The second kappa shape index (κ2) is 6.10. The smallest absolute Gasteiger partial charge is 0.260 e. The van der Waals surface area contributed by atoms with Gasteiger partial charge in [0.15, 0.2) is 5.03 Å². The number of likely N-dealkylation sites (N-methyl/N-ethyl adjacent to an activating group) is 1. The SMILES string of the molecule is CC(CN(C)C)NS(=O)(=O)c1ncccc1NN. The van der Waals surface area contributed by atoms with E-state index in [0.717, 1.165) is 0 Å². The Morgan fingerprint density at radius 1 is 1.50 bits per heavy atom. The van der Waals surface area contributed by atoms with E-state index in [0.29, 0.717) is 6.54 Å². The molecule has 8 heteroatoms. The van der Waals surface area contributed by atoms with Crippen molar-refractivity contribution < 1.29 is 8.42 Å². The molecule has 0 aliphatic heterocycles. The van der Waals surface area contributed by atoms with Crippen LogP contribution in [0.3, 0.4) is 0 Å². The first-order chi connectivity index (χ1) is 8.36. The summed E-state index contributed by atoms with van der Waals surface area (Å²) < 4.78 is 26.8. The van der Waals surface area contributed by atoms with E-state index in [1.165, 1.54) is 6.20 Å². The number of hydrogen-bond donors (Lipinski definition) is 3. The van der Waals surface area contributed by atoms with Crippen LogP contribution in [0, 0.1) is 0 Å². The van der Waals surface area contributed by atoms with Crippen LogP contribution in [0.1, 0.15) is 6.92 Å². The van der Waals surface area contributed by atoms with Gasteiger partial charge in [-0.25, -0.2) is 18.1 Å². The van der Waals surface area contributed by atoms with Crippen molar-refractivity contribution in [2.24, 2.45) is 5.84 Å². The van der Waals surface area contributed by atoms with Crippen LogP contribution in [0.15, 0.2) is 23.4 Å². The Hall–Kier alpha value is -1.22. The minimum Gasteiger partial charge on any atom is -0.321 e. The molecule has 18 heavy (non-hydrogen) atoms. The van der Waals surface area contributed by atoms with Crippen molar-refractivity contribution in [3.63, 3.8) is 0 Å². The third-order valence-electron chi connectivity index (χ3n) is 2.18. The van der Waals surface area contributed by atoms with Gasteiger partial charge in [0.2, 0.25) is 0 Å². The molecule has 7 nitrogen and oxygen atoms in total. The highest BCUT2D eigenvalue weighted by Gasteiger charge is 2.22. The van der Waals surface area contributed by atoms with E-state index in [2.05, 4.69) is 15.1 Å². The molecule has 0 bridgehead atoms. The van der Waals surface area contributed by atoms with Crippen molar-refractivity contribution in [3.05, 3.63) is 18.3 Å². The molecule has 4 N–H and O–H groups in total. The Labute approximate surface area is 107 Å². The fourth-order valence-electron chi connectivity index (χ4n) is 1.62. The van der Waals surface area contributed by atoms with Gasteiger partial charge in [0, 0.05) is 18.8 Å². The summed E-state index contributed by atoms with van der Waals surface area (Å²) in [6, 6.07) is 2.94. The predicted octanol–water partition coefficient (Wildman–Crippen LogP) is -0.404. The maximum Gasteiger partial charge on any atom is 0.260 e. The molecule has 0 fully saturated rings. The van der Waals surface area contributed by atoms with Gasteiger partial charge in [-0.15, -0.1) is 0 Å². The molecule has 1 heterocycles. The number of nitrogens with zero attached hydrogens (tertiary/aromatic N) is 2. The van der Waals surface area contributed by atoms with Crippen LogP contribution in [0.5, 0.6) is 0 Å². The average Bonchev–Trinajstić information content (AvgIpc) is 2.27. The molecule has 0 aliphatic rings. The van der Waals surface area contributed by atoms with Gasteiger partial charge in [-0.1, -0.05) is 0 Å². The number of anilines is 1. The fraction of sp³-hybridized carbons (Fsp3) is 0.500. The molecule has 102 valence electrons. The van der Waals surface area contributed by atoms with Gasteiger partial charge >= 0.3 is 0 Å². The Bertz CT molecular complexity index is 489. The average molecular weight is 273 g/mol. The van der Waals surface area contributed by atoms with Crippen LogP contribution in [-0.2, 0) is 10.0 Å². The molecule has 0 saturated heterocycles. The number of rotatable bonds is 6. The summed E-state index contributed by atoms with van der Waals surface area (Å²) in [5.74, 6) is 5.27. The number of aromatic nitrogens is 1. The van der Waals surface area contributed by atoms with Gasteiger partial charge in [0.05, 0.1) is 5.69 Å². The second-order valence-corrected chi connectivity index (χ2v) is 5.91. The van der Waals surface area contributed by atoms with Gasteiger partial charge in [0.1, 0.15) is 0 Å². The van der Waals surface area contributed by atoms with Crippen molar-refractivity contribution in [3.8, 4) is 0 Å². The lowest BCUT2D eigenvalue weighted by Gasteiger charge is -2.18. The van der Waals surface area contributed by atoms with Crippen LogP contribution < -0.4 is 16.0 Å². The van der Waals surface area contributed by atoms with Crippen molar-refractivity contribution in [2.75, 3.05) is 26.1 Å². The van der Waals surface area contributed by atoms with Crippen molar-refractivity contribution >= 4 is 15.7 Å². The number of hydrazine groups is 1. The number of hydrogen-bond acceptors (Lipinski definition) is 6. The molecule has 0 amide bonds. The van der Waals surface area contributed by atoms with E-state index in [1.54, 1.807) is 19.1 Å². The minimum atomic E-state index is -3.68. The van der Waals surface area contributed by atoms with E-state index >= 15 is 0 Å². The minimum absolute atomic E-state index is 0.0990. The maximum absolute atomic E-state index is 12.1. The molecule has 1 aromatic rings. The predicted molar refractivity (Wildman–Crippen MR) is 70.4 cm³/mol. The fourth-order valence-corrected chi connectivity index (χ4v) is 2.95. The van der Waals surface area contributed by atoms with Gasteiger partial charge in [-0.2, -0.15) is 0 Å². The summed E-state index contributed by atoms with van der Waals surface area (Å²) in [6.07, 6.45) is 1.41. The standard InChI is InChI=1S/C10H19N5O2S/c1-8(7-15(2)3)14-18(16,17)10-9(13-11)5-4-6-12-10/h4-6,8,13-14H,7,11H2,1-3H3. The maximum atomic E-state index is 12.1. The first kappa shape index (κ1) is 14.8. The molecule has 0 radical (unpaired) electrons. The summed E-state index contributed by atoms with van der Waals surface area (Å²) in [5.41, 5.74) is 2.59. The van der Waals surface area contributed by atoms with E-state index in [9.17, 15) is 8.42 Å². The highest BCUT2D eigenvalue weighted by Crippen LogP contribution is 2.16. The van der Waals surface area contributed by atoms with Crippen LogP contribution in [0.25, 0.3) is 0 Å². The van der Waals surface area contributed by atoms with Crippen LogP contribution >= 0.6 is 0 Å². The summed E-state index contributed by atoms with van der Waals surface area (Å²) in [7, 11) is 0.0687. The Kier molecular flexibility index (Phi) is 5.03. The van der Waals surface area contributed by atoms with Crippen LogP contribution in [0.4, 0.5) is 5.69 Å². The van der Waals surface area contributed by atoms with E-state index in [1.807, 2.05) is 19.0 Å². The van der Waals surface area contributed by atoms with E-state index < -0.39 is 10.0 Å². The molecule has 0 saturated carbocycles. The largest absolute Gasteiger partial charge is 0.321 e. The molecule has 1 unspecified atom stereocenters. The molecular formula is C10H19N5O2S. The number of nitrogen functional groups attached to an aromatic ring is 1. The molecule has 0 spiro atoms. The molecule has 0 aliphatic carbocycles. The van der Waals surface area contributed by atoms with Gasteiger partial charge < -0.3 is 10.3 Å². The molecule has 0 aromatic carbocycles. The van der Waals surface area contributed by atoms with Crippen molar-refractivity contribution in [2.45, 2.75) is 18.0 Å². The highest BCUT2D eigenvalue weighted by molar-refractivity contribution is 7.89. The molecule has 1 rings (SSSR count). The van der Waals surface area contributed by atoms with E-state index in [4.69, 9.17) is 5.84 Å². The third kappa shape index (κ3) is 3.91. The Morgan fingerprint density at radius 2 is 2.17 bits per heavy atom. The third-order valence-corrected chi connectivity index (χ3v) is 3.72. The van der Waals surface area contributed by atoms with Crippen molar-refractivity contribution in [1.29, 1.82) is 0 Å². The zero-order chi connectivity index (χ0) is 13.8. The lowest BCUT2D eigenvalue weighted by atomic mass is 10.3. The van der Waals surface area contributed by atoms with Gasteiger partial charge in [-0.05, 0) is 33.2 Å². The van der Waals surface area contributed by atoms with Crippen LogP contribution in [-0.4, -0.2) is 45.0 Å². The summed E-state index contributed by atoms with van der Waals surface area (Å²) in [4.78, 5) is 5.74. The quantitative estimate of drug-likeness (QED) is 0.481. The van der Waals surface area contributed by atoms with Crippen molar-refractivity contribution in [1.82, 2.24) is 14.6 Å². The highest BCUT2D eigenvalue weighted by atomic mass is 32.2. The molecule has 1 atom stereocenters. The molecule has 1 aromatic heterocycles. The Balaban J connectivity index is 2.93. The zero-order valence-corrected chi connectivity index (χ0v) is 11.5. The summed E-state index contributed by atoms with van der Waals surface area (Å²) in [6.45, 7) is 2.38. The summed E-state index contributed by atoms with van der Waals surface area (Å²) >= 11 is 0. The second-order valence-electron chi connectivity index (χ2n) is 4.29. The van der Waals surface area contributed by atoms with Gasteiger partial charge in [0.25, 0.3) is 10.0 Å². The van der Waals surface area contributed by atoms with Crippen LogP contribution in [0.2, 0.25) is 0 Å². The van der Waals surface area contributed by atoms with E-state index in [-0.39, 0.29) is 16.8 Å². The number of nitrogens with two attached hydrogens (primary N) is 1. The Morgan fingerprint density at radius 3 is 2.72 bits per heavy atom. The summed E-state index contributed by atoms with van der Waals surface area (Å²) in [5, 5.41) is -0.0990. The van der Waals surface area contributed by atoms with Gasteiger partial charge in [-0.3, -0.25) is 5.84 Å². The normalized spacial score (nSPS) is 13.6. The topological polar surface area (TPSA) is 100 Å². The first-order valence-electron chi connectivity index (χ1n) is 5.45. The lowest BCUT2D eigenvalue weighted by Crippen LogP contribution is -2.40. The molecular weight excluding hydrogens is 254 g/mol. The first-order valence-corrected chi connectivity index (χ1v) is 6.94. The monoisotopic (exact) mass is 273 g/mol. The zero-order valence-electron chi connectivity index (χ0n) is 10.7. The lowest BCUT2D eigenvalue weighted by molar-refractivity contribution is 0.370. The number of nitrogens with one attached hydrogen (secondary N) is 2.